The maximum Gasteiger partial charge on any atom is 0.407 e. The van der Waals surface area contributed by atoms with Gasteiger partial charge in [-0.25, -0.2) is 4.79 Å². The van der Waals surface area contributed by atoms with Gasteiger partial charge in [-0.1, -0.05) is 62.4 Å². The van der Waals surface area contributed by atoms with E-state index in [0.29, 0.717) is 19.1 Å². The topological polar surface area (TPSA) is 58.6 Å². The van der Waals surface area contributed by atoms with Crippen molar-refractivity contribution in [1.82, 2.24) is 5.32 Å². The van der Waals surface area contributed by atoms with E-state index in [0.717, 1.165) is 0 Å². The SMILES string of the molecule is CC1(C)[C@H](CO)[C@H]1CNC(=O)OCC1c2ccccc2-c2ccccc21. The molecule has 2 aromatic carbocycles. The summed E-state index contributed by atoms with van der Waals surface area (Å²) in [4.78, 5) is 12.2. The molecule has 0 saturated heterocycles. The first-order valence-electron chi connectivity index (χ1n) is 9.23. The predicted molar refractivity (Wildman–Crippen MR) is 101 cm³/mol. The highest BCUT2D eigenvalue weighted by Crippen LogP contribution is 2.57. The number of carbonyl (C=O) groups is 1. The van der Waals surface area contributed by atoms with Crippen LogP contribution in [0.15, 0.2) is 48.5 Å². The van der Waals surface area contributed by atoms with Gasteiger partial charge in [-0.2, -0.15) is 0 Å². The monoisotopic (exact) mass is 351 g/mol. The Hall–Kier alpha value is -2.33. The number of hydrogen-bond acceptors (Lipinski definition) is 3. The summed E-state index contributed by atoms with van der Waals surface area (Å²) in [5, 5.41) is 12.2. The Morgan fingerprint density at radius 3 is 2.15 bits per heavy atom. The largest absolute Gasteiger partial charge is 0.449 e. The molecular formula is C22H25NO3. The maximum absolute atomic E-state index is 12.2. The fourth-order valence-electron chi connectivity index (χ4n) is 4.47. The van der Waals surface area contributed by atoms with Crippen molar-refractivity contribution >= 4 is 6.09 Å². The molecule has 2 N–H and O–H groups in total. The summed E-state index contributed by atoms with van der Waals surface area (Å²) < 4.78 is 5.54. The van der Waals surface area contributed by atoms with E-state index in [-0.39, 0.29) is 30.0 Å². The summed E-state index contributed by atoms with van der Waals surface area (Å²) in [5.41, 5.74) is 4.96. The Kier molecular flexibility index (Phi) is 4.23. The van der Waals surface area contributed by atoms with Crippen molar-refractivity contribution < 1.29 is 14.6 Å². The molecule has 26 heavy (non-hydrogen) atoms. The molecule has 0 radical (unpaired) electrons. The van der Waals surface area contributed by atoms with E-state index >= 15 is 0 Å². The third kappa shape index (κ3) is 2.78. The van der Waals surface area contributed by atoms with Crippen LogP contribution in [-0.4, -0.2) is 31.0 Å². The van der Waals surface area contributed by atoms with Gasteiger partial charge in [0.15, 0.2) is 0 Å². The van der Waals surface area contributed by atoms with Crippen molar-refractivity contribution in [2.45, 2.75) is 19.8 Å². The van der Waals surface area contributed by atoms with E-state index in [9.17, 15) is 9.90 Å². The molecule has 0 spiro atoms. The van der Waals surface area contributed by atoms with E-state index in [1.54, 1.807) is 0 Å². The summed E-state index contributed by atoms with van der Waals surface area (Å²) in [6.07, 6.45) is -0.383. The van der Waals surface area contributed by atoms with Gasteiger partial charge in [-0.05, 0) is 39.5 Å². The standard InChI is InChI=1S/C22H25NO3/c1-22(2)19(20(22)12-24)11-23-21(25)26-13-18-16-9-5-3-7-14(16)15-8-4-6-10-17(15)18/h3-10,18-20,24H,11-13H2,1-2H3,(H,23,25)/t19-,20-/m1/s1. The molecule has 4 nitrogen and oxygen atoms in total. The fourth-order valence-corrected chi connectivity index (χ4v) is 4.47. The summed E-state index contributed by atoms with van der Waals surface area (Å²) in [6.45, 7) is 5.30. The number of rotatable bonds is 5. The van der Waals surface area contributed by atoms with Crippen LogP contribution in [0.25, 0.3) is 11.1 Å². The number of aliphatic hydroxyl groups is 1. The van der Waals surface area contributed by atoms with Crippen molar-refractivity contribution in [3.63, 3.8) is 0 Å². The maximum atomic E-state index is 12.2. The fraction of sp³-hybridized carbons (Fsp3) is 0.409. The normalized spacial score (nSPS) is 22.4. The third-order valence-corrected chi connectivity index (χ3v) is 6.29. The molecule has 2 aliphatic carbocycles. The van der Waals surface area contributed by atoms with Crippen molar-refractivity contribution in [2.24, 2.45) is 17.3 Å². The Bertz CT molecular complexity index is 784. The highest BCUT2D eigenvalue weighted by Gasteiger charge is 2.56. The average Bonchev–Trinajstić information content (AvgIpc) is 3.03. The highest BCUT2D eigenvalue weighted by atomic mass is 16.5. The lowest BCUT2D eigenvalue weighted by Crippen LogP contribution is -2.29. The zero-order valence-electron chi connectivity index (χ0n) is 15.2. The second-order valence-corrected chi connectivity index (χ2v) is 7.92. The number of nitrogens with one attached hydrogen (secondary N) is 1. The quantitative estimate of drug-likeness (QED) is 0.862. The second-order valence-electron chi connectivity index (χ2n) is 7.92. The van der Waals surface area contributed by atoms with E-state index in [2.05, 4.69) is 43.4 Å². The van der Waals surface area contributed by atoms with Crippen LogP contribution < -0.4 is 5.32 Å². The van der Waals surface area contributed by atoms with Crippen molar-refractivity contribution in [3.05, 3.63) is 59.7 Å². The lowest BCUT2D eigenvalue weighted by molar-refractivity contribution is 0.142. The molecule has 0 heterocycles. The second kappa shape index (κ2) is 6.44. The van der Waals surface area contributed by atoms with Gasteiger partial charge < -0.3 is 15.2 Å². The first-order chi connectivity index (χ1) is 12.5. The number of carbonyl (C=O) groups excluding carboxylic acids is 1. The van der Waals surface area contributed by atoms with Gasteiger partial charge >= 0.3 is 6.09 Å². The summed E-state index contributed by atoms with van der Waals surface area (Å²) in [7, 11) is 0. The first-order valence-corrected chi connectivity index (χ1v) is 9.23. The Morgan fingerprint density at radius 2 is 1.62 bits per heavy atom. The van der Waals surface area contributed by atoms with E-state index in [1.807, 2.05) is 24.3 Å². The molecular weight excluding hydrogens is 326 g/mol. The molecule has 2 aliphatic rings. The van der Waals surface area contributed by atoms with Gasteiger partial charge in [0, 0.05) is 19.1 Å². The van der Waals surface area contributed by atoms with Crippen LogP contribution in [0.5, 0.6) is 0 Å². The van der Waals surface area contributed by atoms with Crippen LogP contribution in [0.2, 0.25) is 0 Å². The number of amides is 1. The van der Waals surface area contributed by atoms with Crippen LogP contribution in [0.4, 0.5) is 4.79 Å². The number of hydrogen-bond donors (Lipinski definition) is 2. The van der Waals surface area contributed by atoms with Gasteiger partial charge in [0.1, 0.15) is 6.61 Å². The number of alkyl carbamates (subject to hydrolysis) is 1. The van der Waals surface area contributed by atoms with E-state index in [1.165, 1.54) is 22.3 Å². The molecule has 4 rings (SSSR count). The van der Waals surface area contributed by atoms with Crippen LogP contribution in [0.1, 0.15) is 30.9 Å². The van der Waals surface area contributed by atoms with Crippen LogP contribution in [-0.2, 0) is 4.74 Å². The highest BCUT2D eigenvalue weighted by molar-refractivity contribution is 5.79. The summed E-state index contributed by atoms with van der Waals surface area (Å²) in [5.74, 6) is 0.653. The molecule has 1 saturated carbocycles. The zero-order valence-corrected chi connectivity index (χ0v) is 15.2. The van der Waals surface area contributed by atoms with Crippen LogP contribution in [0.3, 0.4) is 0 Å². The summed E-state index contributed by atoms with van der Waals surface area (Å²) in [6, 6.07) is 16.6. The van der Waals surface area contributed by atoms with Crippen molar-refractivity contribution in [2.75, 3.05) is 19.8 Å². The van der Waals surface area contributed by atoms with E-state index < -0.39 is 0 Å². The van der Waals surface area contributed by atoms with Gasteiger partial charge in [0.2, 0.25) is 0 Å². The molecule has 2 atom stereocenters. The van der Waals surface area contributed by atoms with Gasteiger partial charge in [-0.15, -0.1) is 0 Å². The molecule has 0 aliphatic heterocycles. The Labute approximate surface area is 154 Å². The van der Waals surface area contributed by atoms with E-state index in [4.69, 9.17) is 4.74 Å². The Balaban J connectivity index is 1.38. The predicted octanol–water partition coefficient (Wildman–Crippen LogP) is 3.79. The van der Waals surface area contributed by atoms with Crippen molar-refractivity contribution in [3.8, 4) is 11.1 Å². The van der Waals surface area contributed by atoms with Gasteiger partial charge in [-0.3, -0.25) is 0 Å². The number of aliphatic hydroxyl groups excluding tert-OH is 1. The molecule has 1 amide bonds. The lowest BCUT2D eigenvalue weighted by Gasteiger charge is -2.14. The molecule has 0 aromatic heterocycles. The lowest BCUT2D eigenvalue weighted by atomic mass is 9.98. The molecule has 0 unspecified atom stereocenters. The summed E-state index contributed by atoms with van der Waals surface area (Å²) >= 11 is 0. The van der Waals surface area contributed by atoms with Gasteiger partial charge in [0.05, 0.1) is 0 Å². The van der Waals surface area contributed by atoms with Crippen LogP contribution >= 0.6 is 0 Å². The first kappa shape index (κ1) is 17.1. The minimum absolute atomic E-state index is 0.0794. The van der Waals surface area contributed by atoms with Crippen LogP contribution in [0, 0.1) is 17.3 Å². The number of benzene rings is 2. The molecule has 4 heteroatoms. The average molecular weight is 351 g/mol. The number of ether oxygens (including phenoxy) is 1. The zero-order chi connectivity index (χ0) is 18.3. The molecule has 1 fully saturated rings. The molecule has 0 bridgehead atoms. The molecule has 136 valence electrons. The Morgan fingerprint density at radius 1 is 1.04 bits per heavy atom. The third-order valence-electron chi connectivity index (χ3n) is 6.29. The smallest absolute Gasteiger partial charge is 0.407 e. The van der Waals surface area contributed by atoms with Crippen molar-refractivity contribution in [1.29, 1.82) is 0 Å². The number of fused-ring (bicyclic) bond motifs is 3. The minimum atomic E-state index is -0.383. The molecule has 2 aromatic rings. The minimum Gasteiger partial charge on any atom is -0.449 e. The van der Waals surface area contributed by atoms with Gasteiger partial charge in [0.25, 0.3) is 0 Å².